The van der Waals surface area contributed by atoms with E-state index in [0.717, 1.165) is 49.7 Å². The van der Waals surface area contributed by atoms with Crippen LogP contribution in [0.5, 0.6) is 0 Å². The molecule has 2 N–H and O–H groups in total. The molecule has 0 spiro atoms. The zero-order valence-electron chi connectivity index (χ0n) is 23.5. The van der Waals surface area contributed by atoms with E-state index in [-0.39, 0.29) is 18.4 Å². The Hall–Kier alpha value is -2.57. The highest BCUT2D eigenvalue weighted by atomic mass is 16.6. The van der Waals surface area contributed by atoms with Gasteiger partial charge in [-0.1, -0.05) is 88.6 Å². The van der Waals surface area contributed by atoms with Gasteiger partial charge in [0.2, 0.25) is 11.8 Å². The topological polar surface area (TPSA) is 87.7 Å². The van der Waals surface area contributed by atoms with Crippen LogP contribution in [0, 0.1) is 6.92 Å². The van der Waals surface area contributed by atoms with Crippen LogP contribution < -0.4 is 10.6 Å². The van der Waals surface area contributed by atoms with Gasteiger partial charge in [0, 0.05) is 13.1 Å². The van der Waals surface area contributed by atoms with Crippen molar-refractivity contribution < 1.29 is 19.1 Å². The van der Waals surface area contributed by atoms with Gasteiger partial charge in [-0.2, -0.15) is 0 Å². The highest BCUT2D eigenvalue weighted by Crippen LogP contribution is 2.23. The van der Waals surface area contributed by atoms with Gasteiger partial charge in [0.25, 0.3) is 0 Å². The summed E-state index contributed by atoms with van der Waals surface area (Å²) in [5.41, 5.74) is 1.19. The molecule has 1 aromatic rings. The Morgan fingerprint density at radius 2 is 1.44 bits per heavy atom. The van der Waals surface area contributed by atoms with E-state index in [1.54, 1.807) is 25.7 Å². The normalized spacial score (nSPS) is 12.1. The van der Waals surface area contributed by atoms with E-state index < -0.39 is 17.7 Å². The van der Waals surface area contributed by atoms with Gasteiger partial charge < -0.3 is 20.3 Å². The lowest BCUT2D eigenvalue weighted by atomic mass is 10.0. The largest absolute Gasteiger partial charge is 0.444 e. The van der Waals surface area contributed by atoms with Gasteiger partial charge in [-0.25, -0.2) is 4.79 Å². The zero-order chi connectivity index (χ0) is 27.0. The summed E-state index contributed by atoms with van der Waals surface area (Å²) in [5, 5.41) is 5.60. The van der Waals surface area contributed by atoms with Crippen LogP contribution in [0.4, 0.5) is 4.79 Å². The molecular weight excluding hydrogens is 454 g/mol. The molecule has 0 aliphatic heterocycles. The molecule has 0 aliphatic carbocycles. The van der Waals surface area contributed by atoms with Gasteiger partial charge in [-0.15, -0.1) is 0 Å². The molecule has 7 nitrogen and oxygen atoms in total. The number of nitrogens with one attached hydrogen (secondary N) is 2. The Balaban J connectivity index is 3.08. The van der Waals surface area contributed by atoms with Crippen molar-refractivity contribution in [2.45, 2.75) is 111 Å². The lowest BCUT2D eigenvalue weighted by molar-refractivity contribution is -0.140. The molecule has 7 heteroatoms. The minimum absolute atomic E-state index is 0.188. The molecule has 1 atom stereocenters. The molecule has 0 radical (unpaired) electrons. The molecule has 36 heavy (non-hydrogen) atoms. The molecule has 0 saturated carbocycles. The first-order chi connectivity index (χ1) is 17.1. The molecule has 3 amide bonds. The average Bonchev–Trinajstić information content (AvgIpc) is 2.81. The minimum Gasteiger partial charge on any atom is -0.444 e. The average molecular weight is 504 g/mol. The summed E-state index contributed by atoms with van der Waals surface area (Å²) in [7, 11) is 0. The number of hydrogen-bond acceptors (Lipinski definition) is 4. The quantitative estimate of drug-likeness (QED) is 0.269. The number of carbonyl (C=O) groups excluding carboxylic acids is 3. The van der Waals surface area contributed by atoms with Crippen LogP contribution in [-0.2, 0) is 14.3 Å². The number of unbranched alkanes of at least 4 members (excludes halogenated alkanes) is 7. The minimum atomic E-state index is -0.754. The lowest BCUT2D eigenvalue weighted by Gasteiger charge is -2.32. The van der Waals surface area contributed by atoms with Crippen molar-refractivity contribution in [3.05, 3.63) is 35.4 Å². The summed E-state index contributed by atoms with van der Waals surface area (Å²) in [5.74, 6) is -0.491. The number of benzene rings is 1. The number of aryl methyl sites for hydroxylation is 1. The highest BCUT2D eigenvalue weighted by Gasteiger charge is 2.31. The van der Waals surface area contributed by atoms with Crippen molar-refractivity contribution in [2.75, 3.05) is 19.6 Å². The Labute approximate surface area is 218 Å². The van der Waals surface area contributed by atoms with Gasteiger partial charge >= 0.3 is 6.09 Å². The fourth-order valence-corrected chi connectivity index (χ4v) is 3.93. The van der Waals surface area contributed by atoms with Crippen LogP contribution in [0.1, 0.15) is 110 Å². The number of ether oxygens (including phenoxy) is 1. The summed E-state index contributed by atoms with van der Waals surface area (Å²) < 4.78 is 5.29. The molecule has 1 unspecified atom stereocenters. The summed E-state index contributed by atoms with van der Waals surface area (Å²) in [6, 6.07) is 6.98. The third kappa shape index (κ3) is 12.9. The maximum atomic E-state index is 13.4. The Kier molecular flexibility index (Phi) is 14.8. The monoisotopic (exact) mass is 503 g/mol. The molecule has 0 fully saturated rings. The number of nitrogens with zero attached hydrogens (tertiary/aromatic N) is 1. The van der Waals surface area contributed by atoms with Crippen molar-refractivity contribution in [1.29, 1.82) is 0 Å². The standard InChI is InChI=1S/C29H49N3O4/c1-7-9-11-12-13-15-21-32(25(33)22-31-28(35)36-29(4,5)6)26(24-18-16-23(3)17-19-24)27(34)30-20-14-10-8-2/h16-19,26H,7-15,20-22H2,1-6H3,(H,30,34)(H,31,35). The summed E-state index contributed by atoms with van der Waals surface area (Å²) in [6.07, 6.45) is 8.79. The van der Waals surface area contributed by atoms with Crippen LogP contribution in [0.2, 0.25) is 0 Å². The summed E-state index contributed by atoms with van der Waals surface area (Å²) in [4.78, 5) is 40.6. The predicted molar refractivity (Wildman–Crippen MR) is 146 cm³/mol. The second-order valence-electron chi connectivity index (χ2n) is 10.5. The van der Waals surface area contributed by atoms with Gasteiger partial charge in [-0.05, 0) is 46.1 Å². The van der Waals surface area contributed by atoms with Crippen LogP contribution in [0.3, 0.4) is 0 Å². The van der Waals surface area contributed by atoms with Crippen LogP contribution in [0.15, 0.2) is 24.3 Å². The van der Waals surface area contributed by atoms with E-state index in [2.05, 4.69) is 24.5 Å². The fraction of sp³-hybridized carbons (Fsp3) is 0.690. The SMILES string of the molecule is CCCCCCCCN(C(=O)CNC(=O)OC(C)(C)C)C(C(=O)NCCCCC)c1ccc(C)cc1. The highest BCUT2D eigenvalue weighted by molar-refractivity contribution is 5.90. The van der Waals surface area contributed by atoms with Crippen molar-refractivity contribution in [1.82, 2.24) is 15.5 Å². The van der Waals surface area contributed by atoms with Crippen molar-refractivity contribution in [2.24, 2.45) is 0 Å². The number of alkyl carbamates (subject to hydrolysis) is 1. The molecule has 1 aromatic carbocycles. The van der Waals surface area contributed by atoms with Crippen molar-refractivity contribution in [3.63, 3.8) is 0 Å². The van der Waals surface area contributed by atoms with Gasteiger partial charge in [0.05, 0.1) is 0 Å². The van der Waals surface area contributed by atoms with E-state index in [4.69, 9.17) is 4.74 Å². The fourth-order valence-electron chi connectivity index (χ4n) is 3.93. The van der Waals surface area contributed by atoms with E-state index in [1.165, 1.54) is 19.3 Å². The maximum absolute atomic E-state index is 13.4. The molecule has 204 valence electrons. The number of carbonyl (C=O) groups is 3. The second kappa shape index (κ2) is 17.0. The summed E-state index contributed by atoms with van der Waals surface area (Å²) in [6.45, 7) is 12.4. The smallest absolute Gasteiger partial charge is 0.408 e. The summed E-state index contributed by atoms with van der Waals surface area (Å²) >= 11 is 0. The van der Waals surface area contributed by atoms with Crippen LogP contribution in [0.25, 0.3) is 0 Å². The van der Waals surface area contributed by atoms with Gasteiger partial charge in [0.1, 0.15) is 18.2 Å². The van der Waals surface area contributed by atoms with Crippen molar-refractivity contribution in [3.8, 4) is 0 Å². The molecular formula is C29H49N3O4. The molecule has 0 aromatic heterocycles. The van der Waals surface area contributed by atoms with Crippen molar-refractivity contribution >= 4 is 17.9 Å². The maximum Gasteiger partial charge on any atom is 0.408 e. The van der Waals surface area contributed by atoms with E-state index in [9.17, 15) is 14.4 Å². The Morgan fingerprint density at radius 3 is 2.06 bits per heavy atom. The first-order valence-electron chi connectivity index (χ1n) is 13.7. The van der Waals surface area contributed by atoms with Gasteiger partial charge in [-0.3, -0.25) is 9.59 Å². The molecule has 1 rings (SSSR count). The third-order valence-corrected chi connectivity index (χ3v) is 5.89. The van der Waals surface area contributed by atoms with E-state index >= 15 is 0 Å². The first-order valence-corrected chi connectivity index (χ1v) is 13.7. The number of rotatable bonds is 16. The predicted octanol–water partition coefficient (Wildman–Crippen LogP) is 6.06. The molecule has 0 aliphatic rings. The molecule has 0 bridgehead atoms. The molecule has 0 heterocycles. The lowest BCUT2D eigenvalue weighted by Crippen LogP contribution is -2.48. The third-order valence-electron chi connectivity index (χ3n) is 5.89. The molecule has 0 saturated heterocycles. The Morgan fingerprint density at radius 1 is 0.861 bits per heavy atom. The van der Waals surface area contributed by atoms with Crippen LogP contribution in [-0.4, -0.2) is 48.0 Å². The zero-order valence-corrected chi connectivity index (χ0v) is 23.5. The van der Waals surface area contributed by atoms with E-state index in [0.29, 0.717) is 13.1 Å². The number of hydrogen-bond donors (Lipinski definition) is 2. The Bertz CT molecular complexity index is 787. The van der Waals surface area contributed by atoms with Crippen LogP contribution >= 0.6 is 0 Å². The van der Waals surface area contributed by atoms with E-state index in [1.807, 2.05) is 31.2 Å². The number of amides is 3. The van der Waals surface area contributed by atoms with Gasteiger partial charge in [0.15, 0.2) is 0 Å². The first kappa shape index (κ1) is 31.5. The second-order valence-corrected chi connectivity index (χ2v) is 10.5.